The largest absolute Gasteiger partial charge is 0.497 e. The number of carbonyl (C=O) groups is 1. The van der Waals surface area contributed by atoms with Crippen LogP contribution in [0.2, 0.25) is 5.02 Å². The van der Waals surface area contributed by atoms with Crippen molar-refractivity contribution in [3.63, 3.8) is 0 Å². The van der Waals surface area contributed by atoms with E-state index in [4.69, 9.17) is 16.3 Å². The van der Waals surface area contributed by atoms with Gasteiger partial charge in [-0.3, -0.25) is 0 Å². The zero-order valence-electron chi connectivity index (χ0n) is 11.1. The number of aliphatic carboxylic acids is 1. The molecule has 2 N–H and O–H groups in total. The van der Waals surface area contributed by atoms with Crippen LogP contribution in [-0.4, -0.2) is 18.2 Å². The second-order valence-electron chi connectivity index (χ2n) is 4.32. The smallest absolute Gasteiger partial charge is 0.330 e. The van der Waals surface area contributed by atoms with Crippen LogP contribution >= 0.6 is 11.6 Å². The maximum Gasteiger partial charge on any atom is 0.330 e. The van der Waals surface area contributed by atoms with E-state index in [1.807, 2.05) is 0 Å². The fraction of sp³-hybridized carbons (Fsp3) is 0.133. The minimum absolute atomic E-state index is 0.119. The number of methoxy groups -OCH3 is 1. The Kier molecular flexibility index (Phi) is 4.65. The van der Waals surface area contributed by atoms with Crippen molar-refractivity contribution < 1.29 is 19.0 Å². The van der Waals surface area contributed by atoms with Crippen LogP contribution in [0, 0.1) is 5.82 Å². The molecule has 0 fully saturated rings. The Morgan fingerprint density at radius 2 is 2.10 bits per heavy atom. The van der Waals surface area contributed by atoms with Gasteiger partial charge < -0.3 is 15.2 Å². The molecule has 2 rings (SSSR count). The molecule has 21 heavy (non-hydrogen) atoms. The summed E-state index contributed by atoms with van der Waals surface area (Å²) in [5, 5.41) is 12.1. The van der Waals surface area contributed by atoms with Gasteiger partial charge in [0.25, 0.3) is 0 Å². The molecule has 1 unspecified atom stereocenters. The first-order chi connectivity index (χ1) is 10.0. The highest BCUT2D eigenvalue weighted by Crippen LogP contribution is 2.26. The zero-order valence-corrected chi connectivity index (χ0v) is 11.9. The first-order valence-corrected chi connectivity index (χ1v) is 6.47. The van der Waals surface area contributed by atoms with E-state index in [1.54, 1.807) is 24.3 Å². The molecule has 0 bridgehead atoms. The molecule has 2 aromatic carbocycles. The normalized spacial score (nSPS) is 11.8. The molecule has 0 saturated heterocycles. The summed E-state index contributed by atoms with van der Waals surface area (Å²) < 4.78 is 18.3. The van der Waals surface area contributed by atoms with E-state index in [0.29, 0.717) is 17.0 Å². The van der Waals surface area contributed by atoms with Gasteiger partial charge in [0.2, 0.25) is 0 Å². The van der Waals surface area contributed by atoms with Gasteiger partial charge in [0, 0.05) is 11.8 Å². The number of hydrogen-bond acceptors (Lipinski definition) is 3. The summed E-state index contributed by atoms with van der Waals surface area (Å²) in [5.74, 6) is -1.09. The van der Waals surface area contributed by atoms with Crippen LogP contribution in [0.15, 0.2) is 42.5 Å². The Balaban J connectivity index is 2.30. The Morgan fingerprint density at radius 3 is 2.71 bits per heavy atom. The van der Waals surface area contributed by atoms with Crippen molar-refractivity contribution in [3.8, 4) is 5.75 Å². The molecule has 1 atom stereocenters. The molecular weight excluding hydrogens is 297 g/mol. The molecule has 6 heteroatoms. The van der Waals surface area contributed by atoms with E-state index >= 15 is 0 Å². The van der Waals surface area contributed by atoms with Crippen molar-refractivity contribution in [1.82, 2.24) is 0 Å². The van der Waals surface area contributed by atoms with Crippen LogP contribution in [0.4, 0.5) is 10.1 Å². The third-order valence-electron chi connectivity index (χ3n) is 2.90. The van der Waals surface area contributed by atoms with Crippen LogP contribution in [-0.2, 0) is 4.79 Å². The SMILES string of the molecule is COc1cccc(NC(C(=O)O)c2ccc(F)c(Cl)c2)c1. The summed E-state index contributed by atoms with van der Waals surface area (Å²) in [4.78, 5) is 11.4. The van der Waals surface area contributed by atoms with Gasteiger partial charge >= 0.3 is 5.97 Å². The highest BCUT2D eigenvalue weighted by molar-refractivity contribution is 6.30. The molecule has 0 aliphatic rings. The number of rotatable bonds is 5. The van der Waals surface area contributed by atoms with E-state index in [0.717, 1.165) is 6.07 Å². The van der Waals surface area contributed by atoms with Gasteiger partial charge in [0.1, 0.15) is 11.6 Å². The fourth-order valence-electron chi connectivity index (χ4n) is 1.86. The number of halogens is 2. The first-order valence-electron chi connectivity index (χ1n) is 6.09. The molecule has 0 radical (unpaired) electrons. The zero-order chi connectivity index (χ0) is 15.4. The van der Waals surface area contributed by atoms with Gasteiger partial charge in [0.15, 0.2) is 6.04 Å². The molecule has 2 aromatic rings. The quantitative estimate of drug-likeness (QED) is 0.883. The minimum Gasteiger partial charge on any atom is -0.497 e. The summed E-state index contributed by atoms with van der Waals surface area (Å²) in [7, 11) is 1.52. The first kappa shape index (κ1) is 15.1. The number of hydrogen-bond donors (Lipinski definition) is 2. The van der Waals surface area contributed by atoms with E-state index in [9.17, 15) is 14.3 Å². The van der Waals surface area contributed by atoms with E-state index in [-0.39, 0.29) is 5.02 Å². The Bertz CT molecular complexity index is 663. The van der Waals surface area contributed by atoms with E-state index < -0.39 is 17.8 Å². The van der Waals surface area contributed by atoms with Crippen molar-refractivity contribution in [1.29, 1.82) is 0 Å². The van der Waals surface area contributed by atoms with Gasteiger partial charge in [0.05, 0.1) is 12.1 Å². The molecule has 110 valence electrons. The lowest BCUT2D eigenvalue weighted by Crippen LogP contribution is -2.20. The number of anilines is 1. The van der Waals surface area contributed by atoms with E-state index in [2.05, 4.69) is 5.32 Å². The number of nitrogens with one attached hydrogen (secondary N) is 1. The van der Waals surface area contributed by atoms with Crippen LogP contribution < -0.4 is 10.1 Å². The topological polar surface area (TPSA) is 58.6 Å². The maximum absolute atomic E-state index is 13.2. The summed E-state index contributed by atoms with van der Waals surface area (Å²) in [6.07, 6.45) is 0. The molecule has 0 aliphatic carbocycles. The van der Waals surface area contributed by atoms with Gasteiger partial charge in [-0.1, -0.05) is 23.7 Å². The number of benzene rings is 2. The predicted molar refractivity (Wildman–Crippen MR) is 78.4 cm³/mol. The lowest BCUT2D eigenvalue weighted by molar-refractivity contribution is -0.138. The monoisotopic (exact) mass is 309 g/mol. The third-order valence-corrected chi connectivity index (χ3v) is 3.19. The van der Waals surface area contributed by atoms with Crippen molar-refractivity contribution >= 4 is 23.3 Å². The van der Waals surface area contributed by atoms with Crippen LogP contribution in [0.3, 0.4) is 0 Å². The number of ether oxygens (including phenoxy) is 1. The third kappa shape index (κ3) is 3.64. The van der Waals surface area contributed by atoms with Crippen molar-refractivity contribution in [2.24, 2.45) is 0 Å². The maximum atomic E-state index is 13.2. The molecule has 0 spiro atoms. The van der Waals surface area contributed by atoms with Gasteiger partial charge in [-0.25, -0.2) is 9.18 Å². The average molecular weight is 310 g/mol. The van der Waals surface area contributed by atoms with Crippen molar-refractivity contribution in [2.75, 3.05) is 12.4 Å². The van der Waals surface area contributed by atoms with Gasteiger partial charge in [-0.2, -0.15) is 0 Å². The highest BCUT2D eigenvalue weighted by atomic mass is 35.5. The lowest BCUT2D eigenvalue weighted by Gasteiger charge is -2.17. The summed E-state index contributed by atoms with van der Waals surface area (Å²) in [5.41, 5.74) is 0.930. The summed E-state index contributed by atoms with van der Waals surface area (Å²) in [6.45, 7) is 0. The number of carboxylic acids is 1. The van der Waals surface area contributed by atoms with Crippen LogP contribution in [0.5, 0.6) is 5.75 Å². The highest BCUT2D eigenvalue weighted by Gasteiger charge is 2.20. The second-order valence-corrected chi connectivity index (χ2v) is 4.73. The van der Waals surface area contributed by atoms with Crippen molar-refractivity contribution in [2.45, 2.75) is 6.04 Å². The molecule has 0 aromatic heterocycles. The Labute approximate surface area is 126 Å². The van der Waals surface area contributed by atoms with Crippen LogP contribution in [0.1, 0.15) is 11.6 Å². The minimum atomic E-state index is -1.10. The molecule has 0 aliphatic heterocycles. The molecular formula is C15H13ClFNO3. The average Bonchev–Trinajstić information content (AvgIpc) is 2.47. The van der Waals surface area contributed by atoms with Crippen LogP contribution in [0.25, 0.3) is 0 Å². The van der Waals surface area contributed by atoms with Gasteiger partial charge in [-0.05, 0) is 29.8 Å². The molecule has 0 saturated carbocycles. The summed E-state index contributed by atoms with van der Waals surface area (Å²) >= 11 is 5.70. The predicted octanol–water partition coefficient (Wildman–Crippen LogP) is 3.73. The fourth-order valence-corrected chi connectivity index (χ4v) is 2.05. The Morgan fingerprint density at radius 1 is 1.33 bits per heavy atom. The Hall–Kier alpha value is -2.27. The molecule has 0 amide bonds. The van der Waals surface area contributed by atoms with Gasteiger partial charge in [-0.15, -0.1) is 0 Å². The lowest BCUT2D eigenvalue weighted by atomic mass is 10.1. The summed E-state index contributed by atoms with van der Waals surface area (Å²) in [6, 6.07) is 9.63. The molecule has 4 nitrogen and oxygen atoms in total. The standard InChI is InChI=1S/C15H13ClFNO3/c1-21-11-4-2-3-10(8-11)18-14(15(19)20)9-5-6-13(17)12(16)7-9/h2-8,14,18H,1H3,(H,19,20). The second kappa shape index (κ2) is 6.45. The molecule has 0 heterocycles. The number of carboxylic acid groups (broad SMARTS) is 1. The van der Waals surface area contributed by atoms with E-state index in [1.165, 1.54) is 19.2 Å². The van der Waals surface area contributed by atoms with Crippen molar-refractivity contribution in [3.05, 3.63) is 58.9 Å².